The third-order valence-corrected chi connectivity index (χ3v) is 3.27. The number of ether oxygens (including phenoxy) is 2. The van der Waals surface area contributed by atoms with Gasteiger partial charge in [-0.1, -0.05) is 17.7 Å². The molecule has 0 saturated carbocycles. The van der Waals surface area contributed by atoms with Crippen LogP contribution in [0, 0.1) is 6.92 Å². The molecule has 1 aliphatic heterocycles. The maximum Gasteiger partial charge on any atom is 0.323 e. The minimum Gasteiger partial charge on any atom is -0.487 e. The molecule has 1 heterocycles. The van der Waals surface area contributed by atoms with E-state index in [0.717, 1.165) is 5.56 Å². The summed E-state index contributed by atoms with van der Waals surface area (Å²) in [5, 5.41) is 3.65. The summed E-state index contributed by atoms with van der Waals surface area (Å²) in [5.41, 5.74) is 1.09. The highest BCUT2D eigenvalue weighted by Crippen LogP contribution is 2.27. The third kappa shape index (κ3) is 2.94. The second-order valence-electron chi connectivity index (χ2n) is 4.39. The van der Waals surface area contributed by atoms with Gasteiger partial charge in [0.05, 0.1) is 12.1 Å². The van der Waals surface area contributed by atoms with Gasteiger partial charge in [0.25, 0.3) is 0 Å². The molecule has 1 aliphatic rings. The predicted molar refractivity (Wildman–Crippen MR) is 69.0 cm³/mol. The van der Waals surface area contributed by atoms with E-state index in [2.05, 4.69) is 5.32 Å². The van der Waals surface area contributed by atoms with E-state index in [1.165, 1.54) is 7.11 Å². The molecule has 1 fully saturated rings. The fourth-order valence-corrected chi connectivity index (χ4v) is 2.16. The van der Waals surface area contributed by atoms with Gasteiger partial charge in [-0.2, -0.15) is 0 Å². The lowest BCUT2D eigenvalue weighted by Gasteiger charge is -2.14. The Balaban J connectivity index is 1.99. The summed E-state index contributed by atoms with van der Waals surface area (Å²) in [6.07, 6.45) is 0.533. The van der Waals surface area contributed by atoms with Crippen LogP contribution >= 0.6 is 11.6 Å². The van der Waals surface area contributed by atoms with Crippen LogP contribution in [0.5, 0.6) is 5.75 Å². The molecule has 18 heavy (non-hydrogen) atoms. The van der Waals surface area contributed by atoms with Crippen LogP contribution in [0.4, 0.5) is 0 Å². The van der Waals surface area contributed by atoms with Crippen molar-refractivity contribution in [3.8, 4) is 5.75 Å². The number of halogens is 1. The summed E-state index contributed by atoms with van der Waals surface area (Å²) in [7, 11) is 1.38. The molecule has 1 saturated heterocycles. The van der Waals surface area contributed by atoms with Crippen molar-refractivity contribution in [3.63, 3.8) is 0 Å². The number of hydrogen-bond acceptors (Lipinski definition) is 4. The molecule has 0 unspecified atom stereocenters. The van der Waals surface area contributed by atoms with E-state index in [0.29, 0.717) is 23.7 Å². The van der Waals surface area contributed by atoms with Gasteiger partial charge in [-0.15, -0.1) is 0 Å². The average molecular weight is 270 g/mol. The van der Waals surface area contributed by atoms with Crippen LogP contribution in [0.15, 0.2) is 18.2 Å². The van der Waals surface area contributed by atoms with Crippen LogP contribution in [-0.4, -0.2) is 31.8 Å². The molecule has 1 aromatic rings. The molecular weight excluding hydrogens is 254 g/mol. The van der Waals surface area contributed by atoms with Crippen molar-refractivity contribution < 1.29 is 14.3 Å². The van der Waals surface area contributed by atoms with Gasteiger partial charge in [-0.3, -0.25) is 4.79 Å². The van der Waals surface area contributed by atoms with E-state index in [9.17, 15) is 4.79 Å². The van der Waals surface area contributed by atoms with Crippen molar-refractivity contribution in [3.05, 3.63) is 28.8 Å². The fraction of sp³-hybridized carbons (Fsp3) is 0.462. The van der Waals surface area contributed by atoms with Crippen LogP contribution in [0.25, 0.3) is 0 Å². The van der Waals surface area contributed by atoms with Crippen LogP contribution in [0.1, 0.15) is 12.0 Å². The zero-order chi connectivity index (χ0) is 13.1. The van der Waals surface area contributed by atoms with Crippen LogP contribution in [0.3, 0.4) is 0 Å². The lowest BCUT2D eigenvalue weighted by Crippen LogP contribution is -2.31. The fourth-order valence-electron chi connectivity index (χ4n) is 2.00. The lowest BCUT2D eigenvalue weighted by molar-refractivity contribution is -0.142. The van der Waals surface area contributed by atoms with Gasteiger partial charge in [0.2, 0.25) is 0 Å². The second kappa shape index (κ2) is 5.59. The number of hydrogen-bond donors (Lipinski definition) is 1. The van der Waals surface area contributed by atoms with E-state index in [-0.39, 0.29) is 18.1 Å². The van der Waals surface area contributed by atoms with Crippen molar-refractivity contribution in [2.24, 2.45) is 0 Å². The number of carbonyl (C=O) groups excluding carboxylic acids is 1. The summed E-state index contributed by atoms with van der Waals surface area (Å²) < 4.78 is 10.5. The van der Waals surface area contributed by atoms with Gasteiger partial charge < -0.3 is 14.8 Å². The minimum absolute atomic E-state index is 0.0617. The standard InChI is InChI=1S/C13H16ClNO3/c1-8-3-4-10(14)12(5-8)18-9-6-11(15-7-9)13(16)17-2/h3-5,9,11,15H,6-7H2,1-2H3/t9-,11+/m1/s1. The predicted octanol–water partition coefficient (Wildman–Crippen LogP) is 1.93. The number of carbonyl (C=O) groups is 1. The van der Waals surface area contributed by atoms with Gasteiger partial charge in [0.15, 0.2) is 0 Å². The quantitative estimate of drug-likeness (QED) is 0.852. The molecule has 2 rings (SSSR count). The zero-order valence-electron chi connectivity index (χ0n) is 10.4. The van der Waals surface area contributed by atoms with Crippen LogP contribution in [-0.2, 0) is 9.53 Å². The average Bonchev–Trinajstić information content (AvgIpc) is 2.81. The summed E-state index contributed by atoms with van der Waals surface area (Å²) in [4.78, 5) is 11.4. The monoisotopic (exact) mass is 269 g/mol. The highest BCUT2D eigenvalue weighted by Gasteiger charge is 2.31. The molecule has 0 radical (unpaired) electrons. The molecule has 2 atom stereocenters. The molecular formula is C13H16ClNO3. The highest BCUT2D eigenvalue weighted by atomic mass is 35.5. The maximum atomic E-state index is 11.4. The first-order valence-corrected chi connectivity index (χ1v) is 6.22. The zero-order valence-corrected chi connectivity index (χ0v) is 11.2. The Hall–Kier alpha value is -1.26. The van der Waals surface area contributed by atoms with Crippen molar-refractivity contribution in [1.82, 2.24) is 5.32 Å². The molecule has 0 amide bonds. The number of rotatable bonds is 3. The second-order valence-corrected chi connectivity index (χ2v) is 4.80. The van der Waals surface area contributed by atoms with Gasteiger partial charge in [-0.05, 0) is 24.6 Å². The summed E-state index contributed by atoms with van der Waals surface area (Å²) in [6.45, 7) is 2.59. The van der Waals surface area contributed by atoms with Gasteiger partial charge in [0, 0.05) is 13.0 Å². The maximum absolute atomic E-state index is 11.4. The number of aryl methyl sites for hydroxylation is 1. The Morgan fingerprint density at radius 2 is 2.28 bits per heavy atom. The van der Waals surface area contributed by atoms with Crippen molar-refractivity contribution in [1.29, 1.82) is 0 Å². The van der Waals surface area contributed by atoms with Crippen LogP contribution in [0.2, 0.25) is 5.02 Å². The number of methoxy groups -OCH3 is 1. The van der Waals surface area contributed by atoms with Gasteiger partial charge >= 0.3 is 5.97 Å². The van der Waals surface area contributed by atoms with E-state index < -0.39 is 0 Å². The van der Waals surface area contributed by atoms with Gasteiger partial charge in [0.1, 0.15) is 17.9 Å². The van der Waals surface area contributed by atoms with E-state index in [1.807, 2.05) is 25.1 Å². The first-order chi connectivity index (χ1) is 8.60. The molecule has 5 heteroatoms. The molecule has 0 bridgehead atoms. The third-order valence-electron chi connectivity index (χ3n) is 2.96. The van der Waals surface area contributed by atoms with Crippen molar-refractivity contribution >= 4 is 17.6 Å². The largest absolute Gasteiger partial charge is 0.487 e. The molecule has 0 aromatic heterocycles. The van der Waals surface area contributed by atoms with Gasteiger partial charge in [-0.25, -0.2) is 0 Å². The lowest BCUT2D eigenvalue weighted by atomic mass is 10.2. The van der Waals surface area contributed by atoms with E-state index >= 15 is 0 Å². The summed E-state index contributed by atoms with van der Waals surface area (Å²) >= 11 is 6.06. The first kappa shape index (κ1) is 13.2. The smallest absolute Gasteiger partial charge is 0.323 e. The first-order valence-electron chi connectivity index (χ1n) is 5.84. The molecule has 0 aliphatic carbocycles. The van der Waals surface area contributed by atoms with Crippen molar-refractivity contribution in [2.75, 3.05) is 13.7 Å². The molecule has 4 nitrogen and oxygen atoms in total. The molecule has 0 spiro atoms. The van der Waals surface area contributed by atoms with Crippen molar-refractivity contribution in [2.45, 2.75) is 25.5 Å². The summed E-state index contributed by atoms with van der Waals surface area (Å²) in [5.74, 6) is 0.408. The Bertz CT molecular complexity index is 450. The topological polar surface area (TPSA) is 47.6 Å². The Morgan fingerprint density at radius 1 is 1.50 bits per heavy atom. The van der Waals surface area contributed by atoms with E-state index in [4.69, 9.17) is 21.1 Å². The Labute approximate surface area is 111 Å². The number of nitrogens with one attached hydrogen (secondary N) is 1. The van der Waals surface area contributed by atoms with Crippen LogP contribution < -0.4 is 10.1 Å². The Morgan fingerprint density at radius 3 is 3.00 bits per heavy atom. The van der Waals surface area contributed by atoms with E-state index in [1.54, 1.807) is 0 Å². The molecule has 1 aromatic carbocycles. The SMILES string of the molecule is COC(=O)[C@@H]1C[C@@H](Oc2cc(C)ccc2Cl)CN1. The Kier molecular flexibility index (Phi) is 4.09. The number of benzene rings is 1. The minimum atomic E-state index is -0.288. The number of esters is 1. The molecule has 1 N–H and O–H groups in total. The summed E-state index contributed by atoms with van der Waals surface area (Å²) in [6, 6.07) is 5.35. The highest BCUT2D eigenvalue weighted by molar-refractivity contribution is 6.32. The molecule has 98 valence electrons. The normalized spacial score (nSPS) is 22.8.